The van der Waals surface area contributed by atoms with Crippen LogP contribution in [0.4, 0.5) is 5.69 Å². The summed E-state index contributed by atoms with van der Waals surface area (Å²) in [7, 11) is 0. The van der Waals surface area contributed by atoms with Crippen molar-refractivity contribution in [1.82, 2.24) is 5.32 Å². The molecule has 1 aromatic heterocycles. The van der Waals surface area contributed by atoms with Gasteiger partial charge in [-0.05, 0) is 45.4 Å². The lowest BCUT2D eigenvalue weighted by Gasteiger charge is -2.13. The number of hydrogen-bond acceptors (Lipinski definition) is 4. The van der Waals surface area contributed by atoms with Crippen molar-refractivity contribution in [2.45, 2.75) is 40.2 Å². The molecule has 0 radical (unpaired) electrons. The Morgan fingerprint density at radius 3 is 2.42 bits per heavy atom. The standard InChI is InChI=1S/C19H22N2O5/c1-10(2)20-18(24)14-7-13(6-5-11(14)3)21-19(25)17-12(4)9-26-15(17)8-16(22)23/h5-7,9-10H,8H2,1-4H3,(H,20,24)(H,21,25)(H,22,23). The van der Waals surface area contributed by atoms with Crippen LogP contribution in [0.25, 0.3) is 0 Å². The van der Waals surface area contributed by atoms with Crippen molar-refractivity contribution in [1.29, 1.82) is 0 Å². The molecule has 2 rings (SSSR count). The Hall–Kier alpha value is -3.09. The number of carbonyl (C=O) groups excluding carboxylic acids is 2. The van der Waals surface area contributed by atoms with Crippen LogP contribution in [0.15, 0.2) is 28.9 Å². The fourth-order valence-corrected chi connectivity index (χ4v) is 2.55. The van der Waals surface area contributed by atoms with Gasteiger partial charge in [0.25, 0.3) is 11.8 Å². The van der Waals surface area contributed by atoms with E-state index in [9.17, 15) is 14.4 Å². The number of carbonyl (C=O) groups is 3. The van der Waals surface area contributed by atoms with Gasteiger partial charge in [-0.2, -0.15) is 0 Å². The van der Waals surface area contributed by atoms with Gasteiger partial charge >= 0.3 is 5.97 Å². The number of furan rings is 1. The van der Waals surface area contributed by atoms with E-state index >= 15 is 0 Å². The van der Waals surface area contributed by atoms with Gasteiger partial charge in [-0.25, -0.2) is 0 Å². The molecular formula is C19H22N2O5. The summed E-state index contributed by atoms with van der Waals surface area (Å²) in [5, 5.41) is 14.5. The van der Waals surface area contributed by atoms with Gasteiger partial charge in [0.2, 0.25) is 0 Å². The van der Waals surface area contributed by atoms with Crippen molar-refractivity contribution >= 4 is 23.5 Å². The summed E-state index contributed by atoms with van der Waals surface area (Å²) in [5.41, 5.74) is 2.43. The first-order valence-corrected chi connectivity index (χ1v) is 8.20. The van der Waals surface area contributed by atoms with Crippen molar-refractivity contribution in [3.8, 4) is 0 Å². The molecule has 3 N–H and O–H groups in total. The van der Waals surface area contributed by atoms with E-state index in [1.807, 2.05) is 20.8 Å². The molecule has 26 heavy (non-hydrogen) atoms. The van der Waals surface area contributed by atoms with E-state index in [0.29, 0.717) is 16.8 Å². The van der Waals surface area contributed by atoms with E-state index in [4.69, 9.17) is 9.52 Å². The molecule has 0 atom stereocenters. The van der Waals surface area contributed by atoms with Crippen molar-refractivity contribution < 1.29 is 23.9 Å². The number of hydrogen-bond donors (Lipinski definition) is 3. The third kappa shape index (κ3) is 4.50. The van der Waals surface area contributed by atoms with Crippen LogP contribution in [0.2, 0.25) is 0 Å². The molecular weight excluding hydrogens is 336 g/mol. The van der Waals surface area contributed by atoms with E-state index in [-0.39, 0.29) is 29.7 Å². The monoisotopic (exact) mass is 358 g/mol. The van der Waals surface area contributed by atoms with Gasteiger partial charge in [0.15, 0.2) is 0 Å². The van der Waals surface area contributed by atoms with E-state index in [1.165, 1.54) is 6.26 Å². The van der Waals surface area contributed by atoms with E-state index in [0.717, 1.165) is 5.56 Å². The van der Waals surface area contributed by atoms with Crippen molar-refractivity contribution in [3.63, 3.8) is 0 Å². The van der Waals surface area contributed by atoms with E-state index in [1.54, 1.807) is 25.1 Å². The highest BCUT2D eigenvalue weighted by molar-refractivity contribution is 6.07. The first kappa shape index (κ1) is 19.2. The maximum absolute atomic E-state index is 12.6. The molecule has 7 nitrogen and oxygen atoms in total. The zero-order valence-corrected chi connectivity index (χ0v) is 15.2. The lowest BCUT2D eigenvalue weighted by atomic mass is 10.1. The summed E-state index contributed by atoms with van der Waals surface area (Å²) >= 11 is 0. The molecule has 0 aliphatic rings. The molecule has 0 bridgehead atoms. The van der Waals surface area contributed by atoms with Crippen LogP contribution in [0.5, 0.6) is 0 Å². The number of nitrogens with one attached hydrogen (secondary N) is 2. The van der Waals surface area contributed by atoms with Crippen LogP contribution < -0.4 is 10.6 Å². The van der Waals surface area contributed by atoms with Crippen LogP contribution in [0, 0.1) is 13.8 Å². The summed E-state index contributed by atoms with van der Waals surface area (Å²) in [6, 6.07) is 5.01. The Bertz CT molecular complexity index is 852. The maximum atomic E-state index is 12.6. The number of benzene rings is 1. The highest BCUT2D eigenvalue weighted by atomic mass is 16.4. The highest BCUT2D eigenvalue weighted by Crippen LogP contribution is 2.21. The second kappa shape index (κ2) is 7.86. The predicted molar refractivity (Wildman–Crippen MR) is 96.5 cm³/mol. The Balaban J connectivity index is 2.26. The SMILES string of the molecule is Cc1ccc(NC(=O)c2c(C)coc2CC(=O)O)cc1C(=O)NC(C)C. The molecule has 2 aromatic rings. The second-order valence-electron chi connectivity index (χ2n) is 6.40. The number of aryl methyl sites for hydroxylation is 2. The number of carboxylic acids is 1. The second-order valence-corrected chi connectivity index (χ2v) is 6.40. The summed E-state index contributed by atoms with van der Waals surface area (Å²) in [4.78, 5) is 35.8. The van der Waals surface area contributed by atoms with Gasteiger partial charge < -0.3 is 20.2 Å². The Labute approximate surface area is 151 Å². The van der Waals surface area contributed by atoms with Crippen LogP contribution in [0.1, 0.15) is 51.5 Å². The van der Waals surface area contributed by atoms with Crippen LogP contribution in [0.3, 0.4) is 0 Å². The van der Waals surface area contributed by atoms with Crippen molar-refractivity contribution in [3.05, 3.63) is 52.5 Å². The molecule has 0 fully saturated rings. The predicted octanol–water partition coefficient (Wildman–Crippen LogP) is 2.91. The molecule has 0 unspecified atom stereocenters. The van der Waals surface area contributed by atoms with Gasteiger partial charge in [0.05, 0.1) is 11.8 Å². The maximum Gasteiger partial charge on any atom is 0.311 e. The van der Waals surface area contributed by atoms with E-state index in [2.05, 4.69) is 10.6 Å². The summed E-state index contributed by atoms with van der Waals surface area (Å²) in [6.07, 6.45) is 0.969. The first-order chi connectivity index (χ1) is 12.2. The van der Waals surface area contributed by atoms with Gasteiger partial charge in [0, 0.05) is 22.9 Å². The highest BCUT2D eigenvalue weighted by Gasteiger charge is 2.21. The lowest BCUT2D eigenvalue weighted by Crippen LogP contribution is -2.30. The minimum atomic E-state index is -1.09. The fraction of sp³-hybridized carbons (Fsp3) is 0.316. The quantitative estimate of drug-likeness (QED) is 0.736. The zero-order valence-electron chi connectivity index (χ0n) is 15.2. The fourth-order valence-electron chi connectivity index (χ4n) is 2.55. The van der Waals surface area contributed by atoms with Gasteiger partial charge in [0.1, 0.15) is 12.2 Å². The minimum absolute atomic E-state index is 0.00713. The topological polar surface area (TPSA) is 109 Å². The lowest BCUT2D eigenvalue weighted by molar-refractivity contribution is -0.136. The van der Waals surface area contributed by atoms with Crippen molar-refractivity contribution in [2.75, 3.05) is 5.32 Å². The summed E-state index contributed by atoms with van der Waals surface area (Å²) < 4.78 is 5.18. The number of rotatable bonds is 6. The van der Waals surface area contributed by atoms with Gasteiger partial charge in [-0.3, -0.25) is 14.4 Å². The largest absolute Gasteiger partial charge is 0.481 e. The molecule has 2 amide bonds. The summed E-state index contributed by atoms with van der Waals surface area (Å²) in [6.45, 7) is 7.21. The Kier molecular flexibility index (Phi) is 5.82. The van der Waals surface area contributed by atoms with E-state index < -0.39 is 11.9 Å². The van der Waals surface area contributed by atoms with Gasteiger partial charge in [-0.1, -0.05) is 6.07 Å². The molecule has 0 saturated heterocycles. The smallest absolute Gasteiger partial charge is 0.311 e. The molecule has 0 aliphatic heterocycles. The molecule has 0 saturated carbocycles. The van der Waals surface area contributed by atoms with Crippen LogP contribution >= 0.6 is 0 Å². The minimum Gasteiger partial charge on any atom is -0.481 e. The van der Waals surface area contributed by atoms with Crippen LogP contribution in [-0.4, -0.2) is 28.9 Å². The third-order valence-corrected chi connectivity index (χ3v) is 3.75. The number of anilines is 1. The summed E-state index contributed by atoms with van der Waals surface area (Å²) in [5.74, 6) is -1.69. The third-order valence-electron chi connectivity index (χ3n) is 3.75. The normalized spacial score (nSPS) is 10.7. The zero-order chi connectivity index (χ0) is 19.4. The molecule has 1 heterocycles. The number of amides is 2. The Morgan fingerprint density at radius 1 is 1.12 bits per heavy atom. The molecule has 1 aromatic carbocycles. The number of aliphatic carboxylic acids is 1. The van der Waals surface area contributed by atoms with Crippen LogP contribution in [-0.2, 0) is 11.2 Å². The van der Waals surface area contributed by atoms with Gasteiger partial charge in [-0.15, -0.1) is 0 Å². The average Bonchev–Trinajstić information content (AvgIpc) is 2.88. The average molecular weight is 358 g/mol. The Morgan fingerprint density at radius 2 is 1.81 bits per heavy atom. The molecule has 0 aliphatic carbocycles. The van der Waals surface area contributed by atoms with Crippen molar-refractivity contribution in [2.24, 2.45) is 0 Å². The molecule has 0 spiro atoms. The molecule has 138 valence electrons. The first-order valence-electron chi connectivity index (χ1n) is 8.20. The molecule has 7 heteroatoms. The number of carboxylic acid groups (broad SMARTS) is 1.